The lowest BCUT2D eigenvalue weighted by molar-refractivity contribution is 0.280. The minimum atomic E-state index is -1.31. The van der Waals surface area contributed by atoms with E-state index in [1.54, 1.807) is 0 Å². The SMILES string of the molecule is CC[C@H](C)COS(=O)c1ccccc1. The molecule has 0 saturated heterocycles. The van der Waals surface area contributed by atoms with Crippen molar-refractivity contribution in [2.24, 2.45) is 5.92 Å². The first-order chi connectivity index (χ1) is 6.74. The van der Waals surface area contributed by atoms with Crippen LogP contribution in [0, 0.1) is 5.92 Å². The van der Waals surface area contributed by atoms with Crippen LogP contribution in [0.15, 0.2) is 35.2 Å². The normalized spacial score (nSPS) is 15.0. The van der Waals surface area contributed by atoms with Gasteiger partial charge in [-0.1, -0.05) is 38.5 Å². The summed E-state index contributed by atoms with van der Waals surface area (Å²) >= 11 is -1.31. The molecule has 0 aromatic heterocycles. The Labute approximate surface area is 88.0 Å². The largest absolute Gasteiger partial charge is 0.286 e. The average molecular weight is 212 g/mol. The minimum Gasteiger partial charge on any atom is -0.286 e. The van der Waals surface area contributed by atoms with Gasteiger partial charge in [0, 0.05) is 0 Å². The van der Waals surface area contributed by atoms with Gasteiger partial charge in [-0.2, -0.15) is 0 Å². The zero-order valence-electron chi connectivity index (χ0n) is 8.60. The summed E-state index contributed by atoms with van der Waals surface area (Å²) in [4.78, 5) is 0.732. The molecule has 0 bridgehead atoms. The summed E-state index contributed by atoms with van der Waals surface area (Å²) in [6.07, 6.45) is 1.05. The van der Waals surface area contributed by atoms with Crippen LogP contribution >= 0.6 is 0 Å². The molecule has 0 heterocycles. The third-order valence-electron chi connectivity index (χ3n) is 2.09. The predicted molar refractivity (Wildman–Crippen MR) is 58.3 cm³/mol. The topological polar surface area (TPSA) is 26.3 Å². The summed E-state index contributed by atoms with van der Waals surface area (Å²) in [6.45, 7) is 4.74. The summed E-state index contributed by atoms with van der Waals surface area (Å²) in [5, 5.41) is 0. The molecule has 0 N–H and O–H groups in total. The maximum absolute atomic E-state index is 11.6. The number of hydrogen-bond donors (Lipinski definition) is 0. The first-order valence-electron chi connectivity index (χ1n) is 4.84. The highest BCUT2D eigenvalue weighted by molar-refractivity contribution is 7.80. The van der Waals surface area contributed by atoms with Crippen LogP contribution in [-0.2, 0) is 15.3 Å². The maximum Gasteiger partial charge on any atom is 0.189 e. The molecule has 0 aliphatic carbocycles. The Morgan fingerprint density at radius 2 is 2.00 bits per heavy atom. The molecule has 0 radical (unpaired) electrons. The smallest absolute Gasteiger partial charge is 0.189 e. The second-order valence-corrected chi connectivity index (χ2v) is 4.52. The van der Waals surface area contributed by atoms with Crippen molar-refractivity contribution >= 4 is 11.1 Å². The lowest BCUT2D eigenvalue weighted by atomic mass is 10.1. The van der Waals surface area contributed by atoms with E-state index in [2.05, 4.69) is 13.8 Å². The van der Waals surface area contributed by atoms with E-state index in [1.807, 2.05) is 30.3 Å². The number of benzene rings is 1. The van der Waals surface area contributed by atoms with E-state index in [0.29, 0.717) is 12.5 Å². The molecule has 0 fully saturated rings. The van der Waals surface area contributed by atoms with Crippen LogP contribution < -0.4 is 0 Å². The Kier molecular flexibility index (Phi) is 4.84. The van der Waals surface area contributed by atoms with Crippen molar-refractivity contribution in [2.75, 3.05) is 6.61 Å². The molecule has 3 heteroatoms. The first kappa shape index (κ1) is 11.4. The van der Waals surface area contributed by atoms with Gasteiger partial charge in [0.25, 0.3) is 0 Å². The zero-order valence-corrected chi connectivity index (χ0v) is 9.42. The molecule has 0 aliphatic heterocycles. The molecule has 1 rings (SSSR count). The van der Waals surface area contributed by atoms with Gasteiger partial charge in [-0.05, 0) is 18.1 Å². The minimum absolute atomic E-state index is 0.461. The van der Waals surface area contributed by atoms with Gasteiger partial charge < -0.3 is 0 Å². The van der Waals surface area contributed by atoms with Crippen LogP contribution in [-0.4, -0.2) is 10.8 Å². The van der Waals surface area contributed by atoms with E-state index in [9.17, 15) is 4.21 Å². The maximum atomic E-state index is 11.6. The molecular formula is C11H16O2S. The summed E-state index contributed by atoms with van der Waals surface area (Å²) in [6, 6.07) is 9.24. The Hall–Kier alpha value is -0.670. The molecule has 1 unspecified atom stereocenters. The second-order valence-electron chi connectivity index (χ2n) is 3.35. The summed E-state index contributed by atoms with van der Waals surface area (Å²) in [7, 11) is 0. The van der Waals surface area contributed by atoms with Crippen molar-refractivity contribution < 1.29 is 8.39 Å². The quantitative estimate of drug-likeness (QED) is 0.750. The highest BCUT2D eigenvalue weighted by atomic mass is 32.2. The molecule has 2 atom stereocenters. The lowest BCUT2D eigenvalue weighted by Crippen LogP contribution is -2.07. The van der Waals surface area contributed by atoms with E-state index in [0.717, 1.165) is 11.3 Å². The Bertz CT molecular complexity index is 285. The van der Waals surface area contributed by atoms with Gasteiger partial charge in [-0.15, -0.1) is 0 Å². The highest BCUT2D eigenvalue weighted by Gasteiger charge is 2.05. The fourth-order valence-corrected chi connectivity index (χ4v) is 1.77. The van der Waals surface area contributed by atoms with Gasteiger partial charge in [-0.3, -0.25) is 4.18 Å². The molecule has 1 aromatic carbocycles. The molecule has 1 aromatic rings. The van der Waals surface area contributed by atoms with Gasteiger partial charge in [0.15, 0.2) is 11.1 Å². The van der Waals surface area contributed by atoms with Gasteiger partial charge in [-0.25, -0.2) is 4.21 Å². The molecular weight excluding hydrogens is 196 g/mol. The van der Waals surface area contributed by atoms with Crippen LogP contribution in [0.5, 0.6) is 0 Å². The van der Waals surface area contributed by atoms with E-state index >= 15 is 0 Å². The number of hydrogen-bond acceptors (Lipinski definition) is 2. The van der Waals surface area contributed by atoms with Gasteiger partial charge in [0.1, 0.15) is 0 Å². The van der Waals surface area contributed by atoms with Crippen LogP contribution in [0.3, 0.4) is 0 Å². The zero-order chi connectivity index (χ0) is 10.4. The Morgan fingerprint density at radius 1 is 1.36 bits per heavy atom. The van der Waals surface area contributed by atoms with Gasteiger partial charge >= 0.3 is 0 Å². The van der Waals surface area contributed by atoms with Crippen LogP contribution in [0.4, 0.5) is 0 Å². The standard InChI is InChI=1S/C11H16O2S/c1-3-10(2)9-13-14(12)11-7-5-4-6-8-11/h4-8,10H,3,9H2,1-2H3/t10-,14?/m0/s1. The summed E-state index contributed by atoms with van der Waals surface area (Å²) < 4.78 is 16.8. The van der Waals surface area contributed by atoms with Gasteiger partial charge in [0.2, 0.25) is 0 Å². The van der Waals surface area contributed by atoms with Crippen LogP contribution in [0.2, 0.25) is 0 Å². The van der Waals surface area contributed by atoms with Crippen LogP contribution in [0.25, 0.3) is 0 Å². The molecule has 0 amide bonds. The third kappa shape index (κ3) is 3.60. The highest BCUT2D eigenvalue weighted by Crippen LogP contribution is 2.09. The van der Waals surface area contributed by atoms with E-state index in [4.69, 9.17) is 4.18 Å². The third-order valence-corrected chi connectivity index (χ3v) is 3.10. The van der Waals surface area contributed by atoms with Crippen molar-refractivity contribution in [2.45, 2.75) is 25.2 Å². The second kappa shape index (κ2) is 5.94. The molecule has 0 spiro atoms. The van der Waals surface area contributed by atoms with Crippen molar-refractivity contribution in [1.82, 2.24) is 0 Å². The fourth-order valence-electron chi connectivity index (χ4n) is 0.895. The molecule has 2 nitrogen and oxygen atoms in total. The predicted octanol–water partition coefficient (Wildman–Crippen LogP) is 2.77. The summed E-state index contributed by atoms with van der Waals surface area (Å²) in [5.41, 5.74) is 0. The fraction of sp³-hybridized carbons (Fsp3) is 0.455. The van der Waals surface area contributed by atoms with Crippen molar-refractivity contribution in [1.29, 1.82) is 0 Å². The number of rotatable bonds is 5. The van der Waals surface area contributed by atoms with Crippen molar-refractivity contribution in [3.05, 3.63) is 30.3 Å². The molecule has 0 saturated carbocycles. The van der Waals surface area contributed by atoms with Crippen LogP contribution in [0.1, 0.15) is 20.3 Å². The Morgan fingerprint density at radius 3 is 2.57 bits per heavy atom. The van der Waals surface area contributed by atoms with Crippen molar-refractivity contribution in [3.8, 4) is 0 Å². The molecule has 78 valence electrons. The molecule has 0 aliphatic rings. The van der Waals surface area contributed by atoms with Crippen molar-refractivity contribution in [3.63, 3.8) is 0 Å². The van der Waals surface area contributed by atoms with E-state index in [1.165, 1.54) is 0 Å². The monoisotopic (exact) mass is 212 g/mol. The van der Waals surface area contributed by atoms with E-state index in [-0.39, 0.29) is 0 Å². The molecule has 14 heavy (non-hydrogen) atoms. The van der Waals surface area contributed by atoms with E-state index < -0.39 is 11.1 Å². The average Bonchev–Trinajstić information content (AvgIpc) is 2.26. The van der Waals surface area contributed by atoms with Gasteiger partial charge in [0.05, 0.1) is 11.5 Å². The first-order valence-corrected chi connectivity index (χ1v) is 5.91. The lowest BCUT2D eigenvalue weighted by Gasteiger charge is -2.07. The summed E-state index contributed by atoms with van der Waals surface area (Å²) in [5.74, 6) is 0.461. The Balaban J connectivity index is 2.44.